The molecular weight excluding hydrogens is 358 g/mol. The predicted octanol–water partition coefficient (Wildman–Crippen LogP) is 2.35. The van der Waals surface area contributed by atoms with Crippen molar-refractivity contribution >= 4 is 5.97 Å². The standard InChI is InChI=1S/C20H19N5O3/c26-20(27)19-11-21-10-18(24-19)14-3-1-2-13(8-14)12-28-15-4-5-16(22-9-15)17-6-7-23-25-17/h1-5,8-11,17,23,25H,6-7,12H2,(H,26,27). The van der Waals surface area contributed by atoms with Gasteiger partial charge in [-0.2, -0.15) is 0 Å². The highest BCUT2D eigenvalue weighted by molar-refractivity contribution is 5.85. The first-order valence-corrected chi connectivity index (χ1v) is 8.91. The van der Waals surface area contributed by atoms with Gasteiger partial charge in [-0.15, -0.1) is 0 Å². The molecule has 1 aliphatic heterocycles. The third kappa shape index (κ3) is 4.13. The Morgan fingerprint density at radius 1 is 1.21 bits per heavy atom. The van der Waals surface area contributed by atoms with E-state index in [1.54, 1.807) is 12.4 Å². The van der Waals surface area contributed by atoms with Gasteiger partial charge in [0.15, 0.2) is 5.69 Å². The summed E-state index contributed by atoms with van der Waals surface area (Å²) >= 11 is 0. The van der Waals surface area contributed by atoms with Gasteiger partial charge in [0.1, 0.15) is 12.4 Å². The number of nitrogens with one attached hydrogen (secondary N) is 2. The smallest absolute Gasteiger partial charge is 0.356 e. The van der Waals surface area contributed by atoms with Gasteiger partial charge >= 0.3 is 5.97 Å². The molecule has 0 spiro atoms. The number of rotatable bonds is 6. The Morgan fingerprint density at radius 2 is 2.14 bits per heavy atom. The number of ether oxygens (including phenoxy) is 1. The molecule has 0 amide bonds. The van der Waals surface area contributed by atoms with Crippen molar-refractivity contribution in [1.82, 2.24) is 25.8 Å². The van der Waals surface area contributed by atoms with Crippen LogP contribution in [0, 0.1) is 0 Å². The minimum Gasteiger partial charge on any atom is -0.487 e. The maximum absolute atomic E-state index is 11.1. The number of benzene rings is 1. The maximum Gasteiger partial charge on any atom is 0.356 e. The van der Waals surface area contributed by atoms with Crippen molar-refractivity contribution < 1.29 is 14.6 Å². The second-order valence-electron chi connectivity index (χ2n) is 6.41. The highest BCUT2D eigenvalue weighted by Crippen LogP contribution is 2.21. The predicted molar refractivity (Wildman–Crippen MR) is 101 cm³/mol. The van der Waals surface area contributed by atoms with E-state index in [0.717, 1.165) is 29.8 Å². The minimum absolute atomic E-state index is 0.0859. The normalized spacial score (nSPS) is 16.1. The van der Waals surface area contributed by atoms with Crippen LogP contribution in [0.25, 0.3) is 11.3 Å². The number of aromatic carboxylic acids is 1. The van der Waals surface area contributed by atoms with Gasteiger partial charge in [-0.05, 0) is 30.2 Å². The van der Waals surface area contributed by atoms with Crippen LogP contribution in [0.4, 0.5) is 0 Å². The van der Waals surface area contributed by atoms with Crippen LogP contribution in [0.5, 0.6) is 5.75 Å². The molecule has 0 saturated carbocycles. The Hall–Kier alpha value is -3.36. The van der Waals surface area contributed by atoms with Crippen LogP contribution in [0.1, 0.15) is 34.2 Å². The summed E-state index contributed by atoms with van der Waals surface area (Å²) in [4.78, 5) is 23.6. The van der Waals surface area contributed by atoms with Crippen molar-refractivity contribution in [3.05, 3.63) is 71.9 Å². The molecule has 0 bridgehead atoms. The Morgan fingerprint density at radius 3 is 2.89 bits per heavy atom. The van der Waals surface area contributed by atoms with Gasteiger partial charge in [-0.1, -0.05) is 18.2 Å². The topological polar surface area (TPSA) is 109 Å². The molecule has 8 nitrogen and oxygen atoms in total. The molecule has 1 fully saturated rings. The first kappa shape index (κ1) is 18.0. The summed E-state index contributed by atoms with van der Waals surface area (Å²) in [6.45, 7) is 1.30. The molecule has 28 heavy (non-hydrogen) atoms. The van der Waals surface area contributed by atoms with Crippen LogP contribution in [-0.2, 0) is 6.61 Å². The number of pyridine rings is 1. The number of carboxylic acid groups (broad SMARTS) is 1. The van der Waals surface area contributed by atoms with E-state index >= 15 is 0 Å². The fourth-order valence-electron chi connectivity index (χ4n) is 2.98. The van der Waals surface area contributed by atoms with Crippen molar-refractivity contribution in [1.29, 1.82) is 0 Å². The maximum atomic E-state index is 11.1. The molecule has 2 aromatic heterocycles. The lowest BCUT2D eigenvalue weighted by Crippen LogP contribution is -2.25. The van der Waals surface area contributed by atoms with Gasteiger partial charge in [-0.25, -0.2) is 15.2 Å². The molecular formula is C20H19N5O3. The molecule has 3 N–H and O–H groups in total. The minimum atomic E-state index is -1.10. The number of hydrazine groups is 1. The summed E-state index contributed by atoms with van der Waals surface area (Å²) in [5.41, 5.74) is 9.40. The number of aromatic nitrogens is 3. The highest BCUT2D eigenvalue weighted by Gasteiger charge is 2.16. The van der Waals surface area contributed by atoms with Gasteiger partial charge in [0, 0.05) is 12.1 Å². The van der Waals surface area contributed by atoms with E-state index in [0.29, 0.717) is 18.1 Å². The molecule has 142 valence electrons. The van der Waals surface area contributed by atoms with E-state index < -0.39 is 5.97 Å². The summed E-state index contributed by atoms with van der Waals surface area (Å²) in [6.07, 6.45) is 5.50. The zero-order valence-electron chi connectivity index (χ0n) is 15.0. The Kier molecular flexibility index (Phi) is 5.22. The van der Waals surface area contributed by atoms with E-state index in [4.69, 9.17) is 9.84 Å². The first-order valence-electron chi connectivity index (χ1n) is 8.91. The summed E-state index contributed by atoms with van der Waals surface area (Å²) in [6, 6.07) is 11.7. The average molecular weight is 377 g/mol. The molecule has 4 rings (SSSR count). The number of carbonyl (C=O) groups is 1. The largest absolute Gasteiger partial charge is 0.487 e. The second kappa shape index (κ2) is 8.12. The molecule has 1 atom stereocenters. The Labute approximate surface area is 161 Å². The van der Waals surface area contributed by atoms with Crippen LogP contribution in [-0.4, -0.2) is 32.6 Å². The lowest BCUT2D eigenvalue weighted by molar-refractivity contribution is 0.0690. The molecule has 1 saturated heterocycles. The third-order valence-corrected chi connectivity index (χ3v) is 4.43. The van der Waals surface area contributed by atoms with Crippen molar-refractivity contribution in [3.63, 3.8) is 0 Å². The average Bonchev–Trinajstić information content (AvgIpc) is 3.28. The fourth-order valence-corrected chi connectivity index (χ4v) is 2.98. The Balaban J connectivity index is 1.43. The quantitative estimate of drug-likeness (QED) is 0.601. The summed E-state index contributed by atoms with van der Waals surface area (Å²) in [5.74, 6) is -0.416. The summed E-state index contributed by atoms with van der Waals surface area (Å²) < 4.78 is 5.83. The van der Waals surface area contributed by atoms with Crippen molar-refractivity contribution in [2.45, 2.75) is 19.1 Å². The van der Waals surface area contributed by atoms with Crippen molar-refractivity contribution in [2.75, 3.05) is 6.54 Å². The zero-order chi connectivity index (χ0) is 19.3. The van der Waals surface area contributed by atoms with Gasteiger partial charge in [-0.3, -0.25) is 15.4 Å². The van der Waals surface area contributed by atoms with E-state index in [1.165, 1.54) is 6.20 Å². The zero-order valence-corrected chi connectivity index (χ0v) is 15.0. The van der Waals surface area contributed by atoms with E-state index in [2.05, 4.69) is 25.8 Å². The van der Waals surface area contributed by atoms with Gasteiger partial charge < -0.3 is 9.84 Å². The Bertz CT molecular complexity index is 972. The van der Waals surface area contributed by atoms with Crippen LogP contribution in [0.2, 0.25) is 0 Å². The number of hydrogen-bond acceptors (Lipinski definition) is 7. The molecule has 0 aliphatic carbocycles. The van der Waals surface area contributed by atoms with Gasteiger partial charge in [0.2, 0.25) is 0 Å². The van der Waals surface area contributed by atoms with E-state index in [1.807, 2.05) is 36.4 Å². The summed E-state index contributed by atoms with van der Waals surface area (Å²) in [7, 11) is 0. The van der Waals surface area contributed by atoms with Crippen LogP contribution in [0.3, 0.4) is 0 Å². The van der Waals surface area contributed by atoms with Crippen LogP contribution >= 0.6 is 0 Å². The second-order valence-corrected chi connectivity index (χ2v) is 6.41. The number of carboxylic acids is 1. The van der Waals surface area contributed by atoms with Crippen molar-refractivity contribution in [3.8, 4) is 17.0 Å². The molecule has 0 radical (unpaired) electrons. The monoisotopic (exact) mass is 377 g/mol. The highest BCUT2D eigenvalue weighted by atomic mass is 16.5. The van der Waals surface area contributed by atoms with Gasteiger partial charge in [0.05, 0.1) is 36.0 Å². The summed E-state index contributed by atoms with van der Waals surface area (Å²) in [5, 5.41) is 9.07. The molecule has 8 heteroatoms. The molecule has 1 aromatic carbocycles. The van der Waals surface area contributed by atoms with E-state index in [9.17, 15) is 4.79 Å². The molecule has 1 unspecified atom stereocenters. The molecule has 1 aliphatic rings. The van der Waals surface area contributed by atoms with E-state index in [-0.39, 0.29) is 11.7 Å². The van der Waals surface area contributed by atoms with Crippen molar-refractivity contribution in [2.24, 2.45) is 0 Å². The molecule has 3 heterocycles. The van der Waals surface area contributed by atoms with Crippen LogP contribution in [0.15, 0.2) is 55.0 Å². The van der Waals surface area contributed by atoms with Gasteiger partial charge in [0.25, 0.3) is 0 Å². The molecule has 3 aromatic rings. The lowest BCUT2D eigenvalue weighted by atomic mass is 10.1. The first-order chi connectivity index (χ1) is 13.7. The number of nitrogens with zero attached hydrogens (tertiary/aromatic N) is 3. The lowest BCUT2D eigenvalue weighted by Gasteiger charge is -2.11. The van der Waals surface area contributed by atoms with Crippen LogP contribution < -0.4 is 15.6 Å². The third-order valence-electron chi connectivity index (χ3n) is 4.43. The number of hydrogen-bond donors (Lipinski definition) is 3. The fraction of sp³-hybridized carbons (Fsp3) is 0.200. The SMILES string of the molecule is O=C(O)c1cncc(-c2cccc(COc3ccc(C4CCNN4)nc3)c2)n1.